The van der Waals surface area contributed by atoms with Gasteiger partial charge in [0.25, 0.3) is 5.91 Å². The highest BCUT2D eigenvalue weighted by atomic mass is 19.4. The van der Waals surface area contributed by atoms with E-state index in [2.05, 4.69) is 4.74 Å². The van der Waals surface area contributed by atoms with Gasteiger partial charge in [-0.05, 0) is 42.0 Å². The molecule has 0 aliphatic rings. The van der Waals surface area contributed by atoms with Gasteiger partial charge in [0.2, 0.25) is 0 Å². The van der Waals surface area contributed by atoms with E-state index in [4.69, 9.17) is 0 Å². The third-order valence-electron chi connectivity index (χ3n) is 3.38. The molecule has 2 aromatic carbocycles. The Morgan fingerprint density at radius 2 is 1.46 bits per heavy atom. The van der Waals surface area contributed by atoms with Crippen molar-refractivity contribution in [2.75, 3.05) is 7.05 Å². The molecule has 0 aromatic heterocycles. The Bertz CT molecular complexity index is 751. The lowest BCUT2D eigenvalue weighted by molar-refractivity contribution is -0.274. The topological polar surface area (TPSA) is 29.5 Å². The first-order valence-electron chi connectivity index (χ1n) is 7.23. The molecule has 0 saturated heterocycles. The van der Waals surface area contributed by atoms with Crippen LogP contribution < -0.4 is 4.74 Å². The zero-order valence-corrected chi connectivity index (χ0v) is 13.4. The fraction of sp³-hybridized carbons (Fsp3) is 0.235. The van der Waals surface area contributed by atoms with Crippen LogP contribution in [0.2, 0.25) is 0 Å². The highest BCUT2D eigenvalue weighted by Crippen LogP contribution is 2.29. The Balaban J connectivity index is 2.02. The van der Waals surface area contributed by atoms with Crippen molar-refractivity contribution in [3.8, 4) is 5.75 Å². The predicted octanol–water partition coefficient (Wildman–Crippen LogP) is 4.88. The smallest absolute Gasteiger partial charge is 0.406 e. The Morgan fingerprint density at radius 3 is 1.92 bits per heavy atom. The minimum absolute atomic E-state index is 0.0617. The maximum absolute atomic E-state index is 12.5. The lowest BCUT2D eigenvalue weighted by atomic mass is 10.1. The minimum atomic E-state index is -4.79. The van der Waals surface area contributed by atoms with Crippen molar-refractivity contribution >= 4 is 5.91 Å². The van der Waals surface area contributed by atoms with Crippen molar-refractivity contribution < 1.29 is 35.9 Å². The minimum Gasteiger partial charge on any atom is -0.406 e. The number of ether oxygens (including phenoxy) is 1. The highest BCUT2D eigenvalue weighted by molar-refractivity contribution is 5.94. The monoisotopic (exact) mass is 377 g/mol. The number of amides is 1. The first-order valence-corrected chi connectivity index (χ1v) is 7.23. The largest absolute Gasteiger partial charge is 0.573 e. The van der Waals surface area contributed by atoms with Gasteiger partial charge in [-0.1, -0.05) is 12.1 Å². The van der Waals surface area contributed by atoms with Crippen LogP contribution in [0, 0.1) is 0 Å². The summed E-state index contributed by atoms with van der Waals surface area (Å²) in [5.41, 5.74) is -0.267. The third kappa shape index (κ3) is 5.40. The Labute approximate surface area is 144 Å². The molecule has 0 unspecified atom stereocenters. The maximum atomic E-state index is 12.5. The fourth-order valence-electron chi connectivity index (χ4n) is 2.16. The number of nitrogens with zero attached hydrogens (tertiary/aromatic N) is 1. The summed E-state index contributed by atoms with van der Waals surface area (Å²) in [6.45, 7) is 0.0617. The van der Waals surface area contributed by atoms with E-state index >= 15 is 0 Å². The van der Waals surface area contributed by atoms with Crippen molar-refractivity contribution in [2.45, 2.75) is 19.1 Å². The summed E-state index contributed by atoms with van der Waals surface area (Å²) in [6, 6.07) is 8.70. The van der Waals surface area contributed by atoms with Crippen molar-refractivity contribution in [3.05, 3.63) is 65.2 Å². The molecular formula is C17H13F6NO2. The zero-order valence-electron chi connectivity index (χ0n) is 13.4. The maximum Gasteiger partial charge on any atom is 0.573 e. The number of hydrogen-bond donors (Lipinski definition) is 0. The van der Waals surface area contributed by atoms with Crippen LogP contribution in [0.15, 0.2) is 48.5 Å². The van der Waals surface area contributed by atoms with Crippen molar-refractivity contribution in [3.63, 3.8) is 0 Å². The van der Waals surface area contributed by atoms with E-state index in [0.717, 1.165) is 36.4 Å². The molecule has 0 saturated carbocycles. The number of hydrogen-bond acceptors (Lipinski definition) is 2. The standard InChI is InChI=1S/C17H13F6NO2/c1-24(10-11-2-8-14(9-3-11)26-17(21,22)23)15(25)12-4-6-13(7-5-12)16(18,19)20/h2-9H,10H2,1H3. The average Bonchev–Trinajstić information content (AvgIpc) is 2.54. The molecule has 140 valence electrons. The van der Waals surface area contributed by atoms with Crippen molar-refractivity contribution in [1.82, 2.24) is 4.90 Å². The van der Waals surface area contributed by atoms with Gasteiger partial charge in [0.05, 0.1) is 5.56 Å². The normalized spacial score (nSPS) is 12.0. The summed E-state index contributed by atoms with van der Waals surface area (Å²) >= 11 is 0. The molecule has 0 N–H and O–H groups in total. The van der Waals surface area contributed by atoms with Crippen LogP contribution in [0.4, 0.5) is 26.3 Å². The molecule has 26 heavy (non-hydrogen) atoms. The first-order chi connectivity index (χ1) is 12.0. The Kier molecular flexibility index (Phi) is 5.48. The highest BCUT2D eigenvalue weighted by Gasteiger charge is 2.31. The molecule has 9 heteroatoms. The average molecular weight is 377 g/mol. The van der Waals surface area contributed by atoms with E-state index in [9.17, 15) is 31.1 Å². The summed E-state index contributed by atoms with van der Waals surface area (Å²) in [6.07, 6.45) is -9.29. The Morgan fingerprint density at radius 1 is 0.923 bits per heavy atom. The van der Waals surface area contributed by atoms with Gasteiger partial charge in [-0.3, -0.25) is 4.79 Å². The second-order valence-electron chi connectivity index (χ2n) is 5.43. The van der Waals surface area contributed by atoms with Crippen LogP contribution in [-0.4, -0.2) is 24.2 Å². The molecule has 0 heterocycles. The van der Waals surface area contributed by atoms with Gasteiger partial charge < -0.3 is 9.64 Å². The molecule has 0 aliphatic heterocycles. The second-order valence-corrected chi connectivity index (χ2v) is 5.43. The lowest BCUT2D eigenvalue weighted by Gasteiger charge is -2.18. The van der Waals surface area contributed by atoms with Crippen LogP contribution in [-0.2, 0) is 12.7 Å². The summed E-state index contributed by atoms with van der Waals surface area (Å²) < 4.78 is 77.6. The second kappa shape index (κ2) is 7.27. The first kappa shape index (κ1) is 19.6. The summed E-state index contributed by atoms with van der Waals surface area (Å²) in [4.78, 5) is 13.5. The van der Waals surface area contributed by atoms with Gasteiger partial charge in [0.1, 0.15) is 5.75 Å². The molecule has 0 radical (unpaired) electrons. The van der Waals surface area contributed by atoms with E-state index < -0.39 is 29.8 Å². The molecule has 0 aliphatic carbocycles. The van der Waals surface area contributed by atoms with Gasteiger partial charge in [0, 0.05) is 19.2 Å². The zero-order chi connectivity index (χ0) is 19.5. The number of halogens is 6. The molecule has 0 spiro atoms. The summed E-state index contributed by atoms with van der Waals surface area (Å²) in [7, 11) is 1.43. The van der Waals surface area contributed by atoms with Gasteiger partial charge in [0.15, 0.2) is 0 Å². The number of carbonyl (C=O) groups is 1. The summed E-state index contributed by atoms with van der Waals surface area (Å²) in [5, 5.41) is 0. The van der Waals surface area contributed by atoms with E-state index in [1.165, 1.54) is 24.1 Å². The Hall–Kier alpha value is -2.71. The van der Waals surface area contributed by atoms with Gasteiger partial charge in [-0.15, -0.1) is 13.2 Å². The fourth-order valence-corrected chi connectivity index (χ4v) is 2.16. The predicted molar refractivity (Wildman–Crippen MR) is 80.4 cm³/mol. The van der Waals surface area contributed by atoms with Gasteiger partial charge in [-0.25, -0.2) is 0 Å². The van der Waals surface area contributed by atoms with E-state index in [1.54, 1.807) is 0 Å². The lowest BCUT2D eigenvalue weighted by Crippen LogP contribution is -2.26. The number of carbonyl (C=O) groups excluding carboxylic acids is 1. The van der Waals surface area contributed by atoms with E-state index in [0.29, 0.717) is 5.56 Å². The molecule has 3 nitrogen and oxygen atoms in total. The molecule has 2 aromatic rings. The molecule has 2 rings (SSSR count). The SMILES string of the molecule is CN(Cc1ccc(OC(F)(F)F)cc1)C(=O)c1ccc(C(F)(F)F)cc1. The van der Waals surface area contributed by atoms with Crippen LogP contribution in [0.25, 0.3) is 0 Å². The van der Waals surface area contributed by atoms with Crippen LogP contribution in [0.1, 0.15) is 21.5 Å². The summed E-state index contributed by atoms with van der Waals surface area (Å²) in [5.74, 6) is -0.910. The number of benzene rings is 2. The van der Waals surface area contributed by atoms with Crippen LogP contribution >= 0.6 is 0 Å². The third-order valence-corrected chi connectivity index (χ3v) is 3.38. The number of alkyl halides is 6. The quantitative estimate of drug-likeness (QED) is 0.711. The van der Waals surface area contributed by atoms with Crippen LogP contribution in [0.3, 0.4) is 0 Å². The van der Waals surface area contributed by atoms with Gasteiger partial charge in [-0.2, -0.15) is 13.2 Å². The molecule has 0 bridgehead atoms. The van der Waals surface area contributed by atoms with Crippen molar-refractivity contribution in [2.24, 2.45) is 0 Å². The molecule has 0 atom stereocenters. The molecular weight excluding hydrogens is 364 g/mol. The number of rotatable bonds is 4. The molecule has 1 amide bonds. The van der Waals surface area contributed by atoms with E-state index in [-0.39, 0.29) is 12.1 Å². The van der Waals surface area contributed by atoms with Gasteiger partial charge >= 0.3 is 12.5 Å². The van der Waals surface area contributed by atoms with Crippen LogP contribution in [0.5, 0.6) is 5.75 Å². The van der Waals surface area contributed by atoms with Crippen molar-refractivity contribution in [1.29, 1.82) is 0 Å². The van der Waals surface area contributed by atoms with E-state index in [1.807, 2.05) is 0 Å². The molecule has 0 fully saturated rings.